The summed E-state index contributed by atoms with van der Waals surface area (Å²) in [5, 5.41) is 2.89. The lowest BCUT2D eigenvalue weighted by Crippen LogP contribution is -2.47. The zero-order valence-corrected chi connectivity index (χ0v) is 18.8. The van der Waals surface area contributed by atoms with E-state index < -0.39 is 26.0 Å². The van der Waals surface area contributed by atoms with Crippen LogP contribution in [0, 0.1) is 0 Å². The number of nitrogens with zero attached hydrogens (tertiary/aromatic N) is 2. The van der Waals surface area contributed by atoms with E-state index in [1.54, 1.807) is 12.1 Å². The number of hydrogen-bond acceptors (Lipinski definition) is 6. The lowest BCUT2D eigenvalue weighted by atomic mass is 10.1. The molecule has 0 radical (unpaired) electrons. The van der Waals surface area contributed by atoms with Gasteiger partial charge in [0.05, 0.1) is 29.4 Å². The van der Waals surface area contributed by atoms with Crippen molar-refractivity contribution in [1.82, 2.24) is 13.9 Å². The molecule has 0 bridgehead atoms. The predicted molar refractivity (Wildman–Crippen MR) is 112 cm³/mol. The van der Waals surface area contributed by atoms with Gasteiger partial charge in [-0.05, 0) is 31.4 Å². The fraction of sp³-hybridized carbons (Fsp3) is 0.632. The lowest BCUT2D eigenvalue weighted by molar-refractivity contribution is 0.0729. The Morgan fingerprint density at radius 1 is 1.03 bits per heavy atom. The maximum atomic E-state index is 13.0. The first-order valence-corrected chi connectivity index (χ1v) is 13.3. The Hall–Kier alpha value is -1.53. The van der Waals surface area contributed by atoms with E-state index in [0.29, 0.717) is 45.6 Å². The summed E-state index contributed by atoms with van der Waals surface area (Å²) < 4.78 is 58.5. The third-order valence-corrected chi connectivity index (χ3v) is 9.40. The Morgan fingerprint density at radius 3 is 2.30 bits per heavy atom. The van der Waals surface area contributed by atoms with E-state index in [9.17, 15) is 21.6 Å². The van der Waals surface area contributed by atoms with E-state index >= 15 is 0 Å². The molecule has 0 saturated carbocycles. The zero-order valence-electron chi connectivity index (χ0n) is 17.1. The smallest absolute Gasteiger partial charge is 0.252 e. The van der Waals surface area contributed by atoms with E-state index in [1.165, 1.54) is 20.7 Å². The molecule has 0 aliphatic carbocycles. The van der Waals surface area contributed by atoms with Crippen molar-refractivity contribution in [1.29, 1.82) is 0 Å². The van der Waals surface area contributed by atoms with Crippen molar-refractivity contribution >= 4 is 26.0 Å². The normalized spacial score (nSPS) is 20.2. The van der Waals surface area contributed by atoms with Gasteiger partial charge in [-0.3, -0.25) is 4.79 Å². The molecule has 11 heteroatoms. The third-order valence-electron chi connectivity index (χ3n) is 5.36. The monoisotopic (exact) mass is 459 g/mol. The SMILES string of the molecule is CCCS(=O)(=O)N1CCC(NC(=O)c2ccccc2S(=O)(=O)N2CCOCC2)CC1. The summed E-state index contributed by atoms with van der Waals surface area (Å²) in [4.78, 5) is 12.9. The second kappa shape index (κ2) is 9.73. The molecule has 1 aromatic carbocycles. The minimum atomic E-state index is -3.81. The fourth-order valence-corrected chi connectivity index (χ4v) is 6.87. The highest BCUT2D eigenvalue weighted by Crippen LogP contribution is 2.22. The molecule has 168 valence electrons. The van der Waals surface area contributed by atoms with Crippen molar-refractivity contribution in [2.75, 3.05) is 45.1 Å². The maximum absolute atomic E-state index is 13.0. The van der Waals surface area contributed by atoms with Gasteiger partial charge in [0, 0.05) is 32.2 Å². The van der Waals surface area contributed by atoms with E-state index in [-0.39, 0.29) is 35.3 Å². The average molecular weight is 460 g/mol. The van der Waals surface area contributed by atoms with Crippen molar-refractivity contribution in [3.8, 4) is 0 Å². The molecule has 2 aliphatic heterocycles. The Balaban J connectivity index is 1.69. The molecular formula is C19H29N3O6S2. The topological polar surface area (TPSA) is 113 Å². The fourth-order valence-electron chi connectivity index (χ4n) is 3.73. The van der Waals surface area contributed by atoms with E-state index in [1.807, 2.05) is 6.92 Å². The van der Waals surface area contributed by atoms with Gasteiger partial charge in [0.2, 0.25) is 20.0 Å². The van der Waals surface area contributed by atoms with E-state index in [2.05, 4.69) is 5.32 Å². The molecule has 2 fully saturated rings. The number of carbonyl (C=O) groups excluding carboxylic acids is 1. The number of amides is 1. The highest BCUT2D eigenvalue weighted by atomic mass is 32.2. The van der Waals surface area contributed by atoms with Crippen molar-refractivity contribution in [2.45, 2.75) is 37.1 Å². The second-order valence-electron chi connectivity index (χ2n) is 7.48. The quantitative estimate of drug-likeness (QED) is 0.640. The van der Waals surface area contributed by atoms with Crippen LogP contribution in [0.15, 0.2) is 29.2 Å². The van der Waals surface area contributed by atoms with Crippen LogP contribution in [-0.2, 0) is 24.8 Å². The number of piperidine rings is 1. The minimum Gasteiger partial charge on any atom is -0.379 e. The van der Waals surface area contributed by atoms with Crippen molar-refractivity contribution < 1.29 is 26.4 Å². The molecule has 2 saturated heterocycles. The van der Waals surface area contributed by atoms with Gasteiger partial charge < -0.3 is 10.1 Å². The molecule has 1 amide bonds. The Bertz CT molecular complexity index is 950. The summed E-state index contributed by atoms with van der Waals surface area (Å²) in [6.07, 6.45) is 1.55. The van der Waals surface area contributed by atoms with Crippen LogP contribution in [-0.4, -0.2) is 82.5 Å². The molecule has 0 aromatic heterocycles. The van der Waals surface area contributed by atoms with Crippen LogP contribution >= 0.6 is 0 Å². The van der Waals surface area contributed by atoms with Crippen LogP contribution in [0.25, 0.3) is 0 Å². The third kappa shape index (κ3) is 5.20. The molecular weight excluding hydrogens is 430 g/mol. The molecule has 30 heavy (non-hydrogen) atoms. The number of hydrogen-bond donors (Lipinski definition) is 1. The summed E-state index contributed by atoms with van der Waals surface area (Å²) >= 11 is 0. The van der Waals surface area contributed by atoms with Gasteiger partial charge >= 0.3 is 0 Å². The number of carbonyl (C=O) groups is 1. The molecule has 0 unspecified atom stereocenters. The maximum Gasteiger partial charge on any atom is 0.252 e. The van der Waals surface area contributed by atoms with Crippen molar-refractivity contribution in [3.63, 3.8) is 0 Å². The second-order valence-corrected chi connectivity index (χ2v) is 11.5. The number of benzene rings is 1. The van der Waals surface area contributed by atoms with Crippen LogP contribution in [0.1, 0.15) is 36.5 Å². The first kappa shape index (κ1) is 23.1. The van der Waals surface area contributed by atoms with Crippen LogP contribution in [0.4, 0.5) is 0 Å². The summed E-state index contributed by atoms with van der Waals surface area (Å²) in [5.74, 6) is -0.339. The minimum absolute atomic E-state index is 0.0210. The van der Waals surface area contributed by atoms with Crippen LogP contribution in [0.3, 0.4) is 0 Å². The van der Waals surface area contributed by atoms with Crippen LogP contribution < -0.4 is 5.32 Å². The zero-order chi connectivity index (χ0) is 21.8. The average Bonchev–Trinajstić information content (AvgIpc) is 2.74. The van der Waals surface area contributed by atoms with Gasteiger partial charge in [-0.1, -0.05) is 19.1 Å². The molecule has 0 atom stereocenters. The van der Waals surface area contributed by atoms with Gasteiger partial charge in [0.1, 0.15) is 0 Å². The number of rotatable bonds is 7. The summed E-state index contributed by atoms with van der Waals surface area (Å²) in [6.45, 7) is 3.68. The van der Waals surface area contributed by atoms with E-state index in [0.717, 1.165) is 0 Å². The van der Waals surface area contributed by atoms with Crippen LogP contribution in [0.2, 0.25) is 0 Å². The largest absolute Gasteiger partial charge is 0.379 e. The van der Waals surface area contributed by atoms with Crippen molar-refractivity contribution in [2.24, 2.45) is 0 Å². The Labute approximate surface area is 178 Å². The molecule has 2 heterocycles. The summed E-state index contributed by atoms with van der Waals surface area (Å²) in [7, 11) is -7.06. The Kier molecular flexibility index (Phi) is 7.51. The molecule has 2 aliphatic rings. The molecule has 1 N–H and O–H groups in total. The standard InChI is InChI=1S/C19H29N3O6S2/c1-2-15-29(24,25)21-9-7-16(8-10-21)20-19(23)17-5-3-4-6-18(17)30(26,27)22-11-13-28-14-12-22/h3-6,16H,2,7-15H2,1H3,(H,20,23). The number of sulfonamides is 2. The molecule has 0 spiro atoms. The first-order valence-electron chi connectivity index (χ1n) is 10.2. The number of morpholine rings is 1. The van der Waals surface area contributed by atoms with Crippen LogP contribution in [0.5, 0.6) is 0 Å². The van der Waals surface area contributed by atoms with Gasteiger partial charge in [-0.15, -0.1) is 0 Å². The van der Waals surface area contributed by atoms with Gasteiger partial charge in [-0.2, -0.15) is 4.31 Å². The van der Waals surface area contributed by atoms with Gasteiger partial charge in [-0.25, -0.2) is 21.1 Å². The summed E-state index contributed by atoms with van der Waals surface area (Å²) in [5.41, 5.74) is 0.102. The highest BCUT2D eigenvalue weighted by Gasteiger charge is 2.32. The van der Waals surface area contributed by atoms with Gasteiger partial charge in [0.25, 0.3) is 5.91 Å². The predicted octanol–water partition coefficient (Wildman–Crippen LogP) is 0.642. The van der Waals surface area contributed by atoms with Gasteiger partial charge in [0.15, 0.2) is 0 Å². The van der Waals surface area contributed by atoms with Crippen molar-refractivity contribution in [3.05, 3.63) is 29.8 Å². The first-order chi connectivity index (χ1) is 14.3. The molecule has 9 nitrogen and oxygen atoms in total. The highest BCUT2D eigenvalue weighted by molar-refractivity contribution is 7.89. The summed E-state index contributed by atoms with van der Waals surface area (Å²) in [6, 6.07) is 5.97. The molecule has 1 aromatic rings. The number of ether oxygens (including phenoxy) is 1. The number of nitrogens with one attached hydrogen (secondary N) is 1. The lowest BCUT2D eigenvalue weighted by Gasteiger charge is -2.32. The van der Waals surface area contributed by atoms with E-state index in [4.69, 9.17) is 4.74 Å². The molecule has 3 rings (SSSR count). The Morgan fingerprint density at radius 2 is 1.67 bits per heavy atom.